The van der Waals surface area contributed by atoms with Gasteiger partial charge < -0.3 is 14.8 Å². The van der Waals surface area contributed by atoms with Gasteiger partial charge in [-0.15, -0.1) is 0 Å². The Labute approximate surface area is 109 Å². The fourth-order valence-electron chi connectivity index (χ4n) is 1.85. The molecular weight excluding hydrogens is 246 g/mol. The summed E-state index contributed by atoms with van der Waals surface area (Å²) in [5, 5.41) is 9.90. The predicted octanol–water partition coefficient (Wildman–Crippen LogP) is 2.44. The van der Waals surface area contributed by atoms with Crippen LogP contribution in [-0.2, 0) is 9.53 Å². The molecule has 0 unspecified atom stereocenters. The van der Waals surface area contributed by atoms with Crippen molar-refractivity contribution in [2.24, 2.45) is 0 Å². The standard InChI is InChI=1S/C14H13NO4/c1-2-19-12(16)8-7-10-9-5-3-4-6-11(9)15-13(10)14(17)18/h3-8,15H,2H2,1H3,(H,17,18). The number of aromatic carboxylic acids is 1. The van der Waals surface area contributed by atoms with E-state index in [9.17, 15) is 9.59 Å². The zero-order chi connectivity index (χ0) is 13.8. The van der Waals surface area contributed by atoms with Gasteiger partial charge in [0.05, 0.1) is 6.61 Å². The van der Waals surface area contributed by atoms with Gasteiger partial charge in [0.15, 0.2) is 0 Å². The Balaban J connectivity index is 2.48. The number of aromatic nitrogens is 1. The Hall–Kier alpha value is -2.56. The number of carbonyl (C=O) groups is 2. The lowest BCUT2D eigenvalue weighted by atomic mass is 10.1. The molecule has 0 bridgehead atoms. The molecule has 1 aromatic carbocycles. The summed E-state index contributed by atoms with van der Waals surface area (Å²) in [6.45, 7) is 1.99. The van der Waals surface area contributed by atoms with E-state index in [4.69, 9.17) is 9.84 Å². The van der Waals surface area contributed by atoms with Gasteiger partial charge in [0.1, 0.15) is 5.69 Å². The minimum atomic E-state index is -1.07. The second kappa shape index (κ2) is 5.39. The summed E-state index contributed by atoms with van der Waals surface area (Å²) in [4.78, 5) is 25.3. The highest BCUT2D eigenvalue weighted by molar-refractivity contribution is 6.03. The van der Waals surface area contributed by atoms with E-state index < -0.39 is 11.9 Å². The van der Waals surface area contributed by atoms with Crippen LogP contribution in [0.1, 0.15) is 23.0 Å². The normalized spacial score (nSPS) is 11.0. The fraction of sp³-hybridized carbons (Fsp3) is 0.143. The summed E-state index contributed by atoms with van der Waals surface area (Å²) in [5.41, 5.74) is 1.24. The van der Waals surface area contributed by atoms with Crippen molar-refractivity contribution in [1.82, 2.24) is 4.98 Å². The molecule has 0 saturated heterocycles. The summed E-state index contributed by atoms with van der Waals surface area (Å²) in [5.74, 6) is -1.57. The van der Waals surface area contributed by atoms with Gasteiger partial charge in [-0.2, -0.15) is 0 Å². The van der Waals surface area contributed by atoms with Crippen LogP contribution in [0.2, 0.25) is 0 Å². The Kier molecular flexibility index (Phi) is 3.66. The van der Waals surface area contributed by atoms with Crippen molar-refractivity contribution in [3.63, 3.8) is 0 Å². The molecular formula is C14H13NO4. The van der Waals surface area contributed by atoms with Crippen LogP contribution in [0.4, 0.5) is 0 Å². The zero-order valence-electron chi connectivity index (χ0n) is 10.3. The van der Waals surface area contributed by atoms with E-state index in [-0.39, 0.29) is 12.3 Å². The van der Waals surface area contributed by atoms with Gasteiger partial charge in [-0.1, -0.05) is 18.2 Å². The molecule has 1 heterocycles. The summed E-state index contributed by atoms with van der Waals surface area (Å²) < 4.78 is 4.77. The third-order valence-electron chi connectivity index (χ3n) is 2.63. The highest BCUT2D eigenvalue weighted by Gasteiger charge is 2.14. The molecule has 5 nitrogen and oxygen atoms in total. The summed E-state index contributed by atoms with van der Waals surface area (Å²) in [6, 6.07) is 7.19. The Morgan fingerprint density at radius 3 is 2.79 bits per heavy atom. The van der Waals surface area contributed by atoms with Crippen molar-refractivity contribution in [1.29, 1.82) is 0 Å². The van der Waals surface area contributed by atoms with Crippen molar-refractivity contribution in [2.75, 3.05) is 6.61 Å². The lowest BCUT2D eigenvalue weighted by Gasteiger charge is -1.96. The number of hydrogen-bond acceptors (Lipinski definition) is 3. The summed E-state index contributed by atoms with van der Waals surface area (Å²) >= 11 is 0. The van der Waals surface area contributed by atoms with Crippen LogP contribution in [0.5, 0.6) is 0 Å². The molecule has 0 amide bonds. The number of para-hydroxylation sites is 1. The van der Waals surface area contributed by atoms with Gasteiger partial charge in [0.25, 0.3) is 0 Å². The molecule has 0 atom stereocenters. The molecule has 0 aliphatic heterocycles. The number of carbonyl (C=O) groups excluding carboxylic acids is 1. The summed E-state index contributed by atoms with van der Waals surface area (Å²) in [7, 11) is 0. The molecule has 0 aliphatic rings. The second-order valence-corrected chi connectivity index (χ2v) is 3.85. The first kappa shape index (κ1) is 12.9. The number of carboxylic acids is 1. The van der Waals surface area contributed by atoms with E-state index in [1.807, 2.05) is 12.1 Å². The van der Waals surface area contributed by atoms with E-state index in [0.717, 1.165) is 5.39 Å². The molecule has 0 radical (unpaired) electrons. The lowest BCUT2D eigenvalue weighted by Crippen LogP contribution is -2.00. The first-order chi connectivity index (χ1) is 9.13. The first-order valence-electron chi connectivity index (χ1n) is 5.82. The van der Waals surface area contributed by atoms with Gasteiger partial charge in [0, 0.05) is 22.5 Å². The van der Waals surface area contributed by atoms with Crippen LogP contribution in [-0.4, -0.2) is 28.6 Å². The van der Waals surface area contributed by atoms with Crippen molar-refractivity contribution < 1.29 is 19.4 Å². The number of nitrogens with one attached hydrogen (secondary N) is 1. The smallest absolute Gasteiger partial charge is 0.352 e. The van der Waals surface area contributed by atoms with E-state index in [2.05, 4.69) is 4.98 Å². The number of rotatable bonds is 4. The number of esters is 1. The number of carboxylic acid groups (broad SMARTS) is 1. The van der Waals surface area contributed by atoms with E-state index in [1.54, 1.807) is 19.1 Å². The highest BCUT2D eigenvalue weighted by atomic mass is 16.5. The molecule has 2 aromatic rings. The van der Waals surface area contributed by atoms with Crippen LogP contribution in [0.25, 0.3) is 17.0 Å². The number of H-pyrrole nitrogens is 1. The monoisotopic (exact) mass is 259 g/mol. The maximum atomic E-state index is 11.3. The minimum absolute atomic E-state index is 0.0572. The van der Waals surface area contributed by atoms with Gasteiger partial charge in [-0.05, 0) is 19.1 Å². The number of fused-ring (bicyclic) bond motifs is 1. The zero-order valence-corrected chi connectivity index (χ0v) is 10.3. The molecule has 0 spiro atoms. The molecule has 1 aromatic heterocycles. The molecule has 2 N–H and O–H groups in total. The van der Waals surface area contributed by atoms with Crippen molar-refractivity contribution >= 4 is 28.9 Å². The number of benzene rings is 1. The highest BCUT2D eigenvalue weighted by Crippen LogP contribution is 2.23. The predicted molar refractivity (Wildman–Crippen MR) is 70.9 cm³/mol. The lowest BCUT2D eigenvalue weighted by molar-refractivity contribution is -0.137. The third kappa shape index (κ3) is 2.65. The molecule has 98 valence electrons. The number of aromatic amines is 1. The quantitative estimate of drug-likeness (QED) is 0.653. The largest absolute Gasteiger partial charge is 0.477 e. The minimum Gasteiger partial charge on any atom is -0.477 e. The number of ether oxygens (including phenoxy) is 1. The molecule has 0 saturated carbocycles. The Morgan fingerprint density at radius 2 is 2.11 bits per heavy atom. The SMILES string of the molecule is CCOC(=O)C=Cc1c(C(=O)O)[nH]c2ccccc12. The Morgan fingerprint density at radius 1 is 1.37 bits per heavy atom. The van der Waals surface area contributed by atoms with Crippen LogP contribution >= 0.6 is 0 Å². The van der Waals surface area contributed by atoms with Gasteiger partial charge in [-0.25, -0.2) is 9.59 Å². The van der Waals surface area contributed by atoms with Gasteiger partial charge in [-0.3, -0.25) is 0 Å². The van der Waals surface area contributed by atoms with Gasteiger partial charge in [0.2, 0.25) is 0 Å². The molecule has 0 aliphatic carbocycles. The van der Waals surface area contributed by atoms with E-state index >= 15 is 0 Å². The molecule has 19 heavy (non-hydrogen) atoms. The third-order valence-corrected chi connectivity index (χ3v) is 2.63. The van der Waals surface area contributed by atoms with Crippen LogP contribution < -0.4 is 0 Å². The molecule has 5 heteroatoms. The van der Waals surface area contributed by atoms with Crippen LogP contribution in [0.15, 0.2) is 30.3 Å². The average molecular weight is 259 g/mol. The van der Waals surface area contributed by atoms with Crippen LogP contribution in [0, 0.1) is 0 Å². The fourth-order valence-corrected chi connectivity index (χ4v) is 1.85. The van der Waals surface area contributed by atoms with E-state index in [1.165, 1.54) is 12.2 Å². The van der Waals surface area contributed by atoms with Crippen molar-refractivity contribution in [3.05, 3.63) is 41.6 Å². The van der Waals surface area contributed by atoms with Crippen LogP contribution in [0.3, 0.4) is 0 Å². The van der Waals surface area contributed by atoms with Gasteiger partial charge >= 0.3 is 11.9 Å². The number of hydrogen-bond donors (Lipinski definition) is 2. The Bertz CT molecular complexity index is 655. The average Bonchev–Trinajstić information content (AvgIpc) is 2.75. The van der Waals surface area contributed by atoms with Crippen molar-refractivity contribution in [2.45, 2.75) is 6.92 Å². The molecule has 2 rings (SSSR count). The van der Waals surface area contributed by atoms with Crippen molar-refractivity contribution in [3.8, 4) is 0 Å². The second-order valence-electron chi connectivity index (χ2n) is 3.85. The maximum Gasteiger partial charge on any atom is 0.352 e. The maximum absolute atomic E-state index is 11.3. The molecule has 0 fully saturated rings. The first-order valence-corrected chi connectivity index (χ1v) is 5.82. The summed E-state index contributed by atoms with van der Waals surface area (Å²) in [6.07, 6.45) is 2.69. The topological polar surface area (TPSA) is 79.4 Å². The van der Waals surface area contributed by atoms with E-state index in [0.29, 0.717) is 11.1 Å².